The Balaban J connectivity index is 1.36. The topological polar surface area (TPSA) is 102 Å². The van der Waals surface area contributed by atoms with Crippen molar-refractivity contribution >= 4 is 40.6 Å². The fourth-order valence-corrected chi connectivity index (χ4v) is 4.57. The van der Waals surface area contributed by atoms with Gasteiger partial charge in [0.15, 0.2) is 11.5 Å². The van der Waals surface area contributed by atoms with Crippen LogP contribution in [0.5, 0.6) is 17.2 Å². The van der Waals surface area contributed by atoms with Crippen LogP contribution in [0.1, 0.15) is 33.3 Å². The third-order valence-corrected chi connectivity index (χ3v) is 6.56. The van der Waals surface area contributed by atoms with Crippen molar-refractivity contribution in [2.24, 2.45) is 5.10 Å². The first kappa shape index (κ1) is 27.5. The Hall–Kier alpha value is -5.08. The molecule has 0 saturated heterocycles. The minimum absolute atomic E-state index is 0.218. The van der Waals surface area contributed by atoms with Crippen molar-refractivity contribution in [1.82, 2.24) is 10.4 Å². The summed E-state index contributed by atoms with van der Waals surface area (Å²) in [5, 5.41) is 5.30. The molecule has 0 saturated carbocycles. The third kappa shape index (κ3) is 6.08. The first-order valence-corrected chi connectivity index (χ1v) is 13.2. The molecule has 0 atom stereocenters. The number of halogens is 1. The van der Waals surface area contributed by atoms with Gasteiger partial charge >= 0.3 is 5.97 Å². The summed E-state index contributed by atoms with van der Waals surface area (Å²) in [7, 11) is 1.46. The number of benzene rings is 4. The van der Waals surface area contributed by atoms with Crippen LogP contribution in [-0.2, 0) is 0 Å². The maximum absolute atomic E-state index is 13.3. The van der Waals surface area contributed by atoms with E-state index in [-0.39, 0.29) is 16.3 Å². The highest BCUT2D eigenvalue weighted by molar-refractivity contribution is 6.33. The van der Waals surface area contributed by atoms with Gasteiger partial charge in [0.2, 0.25) is 0 Å². The molecule has 0 radical (unpaired) electrons. The molecule has 1 aromatic heterocycles. The molecule has 4 aromatic carbocycles. The summed E-state index contributed by atoms with van der Waals surface area (Å²) in [5.41, 5.74) is 6.26. The average molecular weight is 568 g/mol. The van der Waals surface area contributed by atoms with Crippen molar-refractivity contribution in [3.8, 4) is 28.4 Å². The lowest BCUT2D eigenvalue weighted by Gasteiger charge is -2.10. The number of methoxy groups -OCH3 is 1. The zero-order valence-electron chi connectivity index (χ0n) is 22.3. The summed E-state index contributed by atoms with van der Waals surface area (Å²) in [6, 6.07) is 26.8. The largest absolute Gasteiger partial charge is 0.494 e. The Morgan fingerprint density at radius 1 is 0.951 bits per heavy atom. The van der Waals surface area contributed by atoms with E-state index < -0.39 is 11.9 Å². The first-order chi connectivity index (χ1) is 20.0. The van der Waals surface area contributed by atoms with Crippen LogP contribution in [0, 0.1) is 0 Å². The van der Waals surface area contributed by atoms with Crippen molar-refractivity contribution < 1.29 is 23.8 Å². The molecular weight excluding hydrogens is 542 g/mol. The van der Waals surface area contributed by atoms with Crippen LogP contribution in [0.3, 0.4) is 0 Å². The molecule has 0 aliphatic carbocycles. The van der Waals surface area contributed by atoms with Gasteiger partial charge < -0.3 is 19.2 Å². The minimum atomic E-state index is -0.608. The molecule has 1 heterocycles. The number of fused-ring (bicyclic) bond motifs is 1. The molecule has 206 valence electrons. The van der Waals surface area contributed by atoms with E-state index >= 15 is 0 Å². The van der Waals surface area contributed by atoms with Crippen LogP contribution in [0.2, 0.25) is 5.02 Å². The van der Waals surface area contributed by atoms with E-state index in [0.717, 1.165) is 27.8 Å². The lowest BCUT2D eigenvalue weighted by Crippen LogP contribution is -2.18. The van der Waals surface area contributed by atoms with Crippen LogP contribution in [0.25, 0.3) is 22.0 Å². The molecule has 0 fully saturated rings. The molecule has 0 bridgehead atoms. The summed E-state index contributed by atoms with van der Waals surface area (Å²) in [6.45, 7) is 2.46. The van der Waals surface area contributed by atoms with Crippen LogP contribution < -0.4 is 19.6 Å². The number of nitrogens with one attached hydrogen (secondary N) is 2. The number of hydrogen-bond donors (Lipinski definition) is 2. The second-order valence-electron chi connectivity index (χ2n) is 8.86. The summed E-state index contributed by atoms with van der Waals surface area (Å²) < 4.78 is 16.6. The van der Waals surface area contributed by atoms with Crippen LogP contribution in [-0.4, -0.2) is 36.8 Å². The molecule has 8 nitrogen and oxygen atoms in total. The summed E-state index contributed by atoms with van der Waals surface area (Å²) in [6.07, 6.45) is 1.47. The van der Waals surface area contributed by atoms with Crippen LogP contribution in [0.15, 0.2) is 96.1 Å². The zero-order valence-corrected chi connectivity index (χ0v) is 23.1. The Bertz CT molecular complexity index is 1750. The average Bonchev–Trinajstić information content (AvgIpc) is 3.37. The SMILES string of the molecule is CCOc1ccc2[nH]c(C(=O)NN=Cc3ccc(OC(=O)c4ccccc4Cl)c(OC)c3)c(-c3ccccc3)c2c1. The van der Waals surface area contributed by atoms with Gasteiger partial charge in [-0.15, -0.1) is 0 Å². The normalized spacial score (nSPS) is 11.0. The smallest absolute Gasteiger partial charge is 0.345 e. The predicted octanol–water partition coefficient (Wildman–Crippen LogP) is 6.88. The van der Waals surface area contributed by atoms with Crippen molar-refractivity contribution in [2.75, 3.05) is 13.7 Å². The highest BCUT2D eigenvalue weighted by Gasteiger charge is 2.20. The number of esters is 1. The number of hydrogen-bond acceptors (Lipinski definition) is 6. The monoisotopic (exact) mass is 567 g/mol. The van der Waals surface area contributed by atoms with Gasteiger partial charge in [-0.2, -0.15) is 5.10 Å². The van der Waals surface area contributed by atoms with E-state index in [4.69, 9.17) is 25.8 Å². The molecule has 0 aliphatic heterocycles. The standard InChI is InChI=1S/C32H26ClN3O5/c1-3-40-22-14-15-26-24(18-22)29(21-9-5-4-6-10-21)30(35-26)31(37)36-34-19-20-13-16-27(28(17-20)39-2)41-32(38)23-11-7-8-12-25(23)33/h4-19,35H,3H2,1-2H3,(H,36,37). The lowest BCUT2D eigenvalue weighted by atomic mass is 10.0. The molecule has 0 spiro atoms. The number of carbonyl (C=O) groups excluding carboxylic acids is 2. The van der Waals surface area contributed by atoms with E-state index in [0.29, 0.717) is 23.6 Å². The molecule has 5 rings (SSSR count). The molecule has 5 aromatic rings. The van der Waals surface area contributed by atoms with E-state index in [9.17, 15) is 9.59 Å². The van der Waals surface area contributed by atoms with Gasteiger partial charge in [0.1, 0.15) is 11.4 Å². The number of aromatic amines is 1. The van der Waals surface area contributed by atoms with Gasteiger partial charge in [-0.05, 0) is 66.6 Å². The van der Waals surface area contributed by atoms with Crippen molar-refractivity contribution in [3.63, 3.8) is 0 Å². The molecule has 2 N–H and O–H groups in total. The van der Waals surface area contributed by atoms with Gasteiger partial charge in [0.25, 0.3) is 5.91 Å². The molecule has 9 heteroatoms. The fraction of sp³-hybridized carbons (Fsp3) is 0.0938. The Kier molecular flexibility index (Phi) is 8.31. The third-order valence-electron chi connectivity index (χ3n) is 6.23. The molecule has 1 amide bonds. The number of nitrogens with zero attached hydrogens (tertiary/aromatic N) is 1. The van der Waals surface area contributed by atoms with Crippen LogP contribution in [0.4, 0.5) is 0 Å². The number of rotatable bonds is 9. The molecule has 0 aliphatic rings. The van der Waals surface area contributed by atoms with Crippen molar-refractivity contribution in [3.05, 3.63) is 113 Å². The van der Waals surface area contributed by atoms with Crippen molar-refractivity contribution in [1.29, 1.82) is 0 Å². The maximum Gasteiger partial charge on any atom is 0.345 e. The number of hydrazone groups is 1. The Morgan fingerprint density at radius 2 is 1.73 bits per heavy atom. The number of ether oxygens (including phenoxy) is 3. The maximum atomic E-state index is 13.3. The number of aromatic nitrogens is 1. The quantitative estimate of drug-likeness (QED) is 0.0875. The van der Waals surface area contributed by atoms with Crippen LogP contribution >= 0.6 is 11.6 Å². The predicted molar refractivity (Wildman–Crippen MR) is 159 cm³/mol. The minimum Gasteiger partial charge on any atom is -0.494 e. The summed E-state index contributed by atoms with van der Waals surface area (Å²) in [5.74, 6) is 0.231. The van der Waals surface area contributed by atoms with E-state index in [1.54, 1.807) is 42.5 Å². The molecular formula is C32H26ClN3O5. The summed E-state index contributed by atoms with van der Waals surface area (Å²) >= 11 is 6.11. The number of carbonyl (C=O) groups is 2. The van der Waals surface area contributed by atoms with E-state index in [2.05, 4.69) is 15.5 Å². The van der Waals surface area contributed by atoms with Gasteiger partial charge in [0, 0.05) is 16.5 Å². The molecule has 0 unspecified atom stereocenters. The highest BCUT2D eigenvalue weighted by atomic mass is 35.5. The first-order valence-electron chi connectivity index (χ1n) is 12.8. The second kappa shape index (κ2) is 12.4. The van der Waals surface area contributed by atoms with Gasteiger partial charge in [0.05, 0.1) is 30.5 Å². The van der Waals surface area contributed by atoms with E-state index in [1.165, 1.54) is 13.3 Å². The van der Waals surface area contributed by atoms with Crippen molar-refractivity contribution in [2.45, 2.75) is 6.92 Å². The highest BCUT2D eigenvalue weighted by Crippen LogP contribution is 2.35. The Morgan fingerprint density at radius 3 is 2.49 bits per heavy atom. The van der Waals surface area contributed by atoms with Gasteiger partial charge in [-0.1, -0.05) is 54.1 Å². The Labute approximate surface area is 241 Å². The number of H-pyrrole nitrogens is 1. The second-order valence-corrected chi connectivity index (χ2v) is 9.27. The lowest BCUT2D eigenvalue weighted by molar-refractivity contribution is 0.0729. The molecule has 41 heavy (non-hydrogen) atoms. The fourth-order valence-electron chi connectivity index (χ4n) is 4.35. The van der Waals surface area contributed by atoms with Gasteiger partial charge in [-0.3, -0.25) is 4.79 Å². The van der Waals surface area contributed by atoms with Gasteiger partial charge in [-0.25, -0.2) is 10.2 Å². The number of amides is 1. The summed E-state index contributed by atoms with van der Waals surface area (Å²) in [4.78, 5) is 29.1. The van der Waals surface area contributed by atoms with E-state index in [1.807, 2.05) is 55.5 Å². The zero-order chi connectivity index (χ0) is 28.8.